The van der Waals surface area contributed by atoms with Gasteiger partial charge in [0.25, 0.3) is 0 Å². The highest BCUT2D eigenvalue weighted by Gasteiger charge is 2.30. The zero-order chi connectivity index (χ0) is 16.5. The summed E-state index contributed by atoms with van der Waals surface area (Å²) in [6, 6.07) is 0. The fourth-order valence-corrected chi connectivity index (χ4v) is 3.22. The van der Waals surface area contributed by atoms with E-state index in [1.54, 1.807) is 6.92 Å². The Kier molecular flexibility index (Phi) is 2.26. The molecule has 0 saturated heterocycles. The van der Waals surface area contributed by atoms with Crippen LogP contribution in [-0.2, 0) is 16.1 Å². The first-order valence-corrected chi connectivity index (χ1v) is 6.37. The first-order chi connectivity index (χ1) is 11.0. The number of imidazole rings is 1. The van der Waals surface area contributed by atoms with Crippen LogP contribution in [0.1, 0.15) is 11.1 Å². The van der Waals surface area contributed by atoms with E-state index in [1.165, 1.54) is 12.2 Å². The standard InChI is InChI=1S/C13H5N5O5/c1-5-8-6(2-14-3-19)7(15-4-20)10-9(5)17-11(21)16(8)12(22)18(10)13(17)23/h2H2,1H3. The molecule has 0 aliphatic carbocycles. The van der Waals surface area contributed by atoms with Crippen LogP contribution in [0.5, 0.6) is 0 Å². The van der Waals surface area contributed by atoms with Crippen molar-refractivity contribution in [2.75, 3.05) is 0 Å². The van der Waals surface area contributed by atoms with E-state index in [2.05, 4.69) is 9.98 Å². The van der Waals surface area contributed by atoms with Crippen LogP contribution in [0.4, 0.5) is 5.69 Å². The van der Waals surface area contributed by atoms with Gasteiger partial charge in [0, 0.05) is 11.1 Å². The summed E-state index contributed by atoms with van der Waals surface area (Å²) in [5, 5.41) is 0. The highest BCUT2D eigenvalue weighted by atomic mass is 16.2. The van der Waals surface area contributed by atoms with E-state index < -0.39 is 17.1 Å². The number of hydrogen-bond acceptors (Lipinski definition) is 7. The minimum atomic E-state index is -0.850. The quantitative estimate of drug-likeness (QED) is 0.353. The lowest BCUT2D eigenvalue weighted by Gasteiger charge is -2.11. The van der Waals surface area contributed by atoms with Crippen LogP contribution < -0.4 is 17.1 Å². The monoisotopic (exact) mass is 311 g/mol. The second-order valence-corrected chi connectivity index (χ2v) is 4.96. The maximum absolute atomic E-state index is 12.5. The van der Waals surface area contributed by atoms with Gasteiger partial charge in [-0.15, -0.1) is 0 Å². The van der Waals surface area contributed by atoms with Crippen molar-refractivity contribution in [3.8, 4) is 0 Å². The average molecular weight is 311 g/mol. The molecular weight excluding hydrogens is 306 g/mol. The lowest BCUT2D eigenvalue weighted by molar-refractivity contribution is 0.563. The first-order valence-electron chi connectivity index (χ1n) is 6.37. The molecule has 0 amide bonds. The van der Waals surface area contributed by atoms with Crippen molar-refractivity contribution >= 4 is 34.4 Å². The second kappa shape index (κ2) is 3.98. The van der Waals surface area contributed by atoms with E-state index in [0.29, 0.717) is 5.56 Å². The van der Waals surface area contributed by atoms with Gasteiger partial charge in [-0.25, -0.2) is 42.2 Å². The molecule has 1 aromatic carbocycles. The number of nitrogens with zero attached hydrogens (tertiary/aromatic N) is 5. The van der Waals surface area contributed by atoms with Crippen LogP contribution in [0.3, 0.4) is 0 Å². The Labute approximate surface area is 124 Å². The molecule has 23 heavy (non-hydrogen) atoms. The van der Waals surface area contributed by atoms with Crippen molar-refractivity contribution in [3.05, 3.63) is 42.6 Å². The molecule has 0 spiro atoms. The van der Waals surface area contributed by atoms with Crippen LogP contribution in [0.25, 0.3) is 16.6 Å². The molecule has 10 nitrogen and oxygen atoms in total. The van der Waals surface area contributed by atoms with Crippen molar-refractivity contribution in [1.29, 1.82) is 0 Å². The maximum Gasteiger partial charge on any atom is 0.345 e. The molecule has 112 valence electrons. The van der Waals surface area contributed by atoms with Gasteiger partial charge in [0.15, 0.2) is 0 Å². The van der Waals surface area contributed by atoms with Crippen molar-refractivity contribution < 1.29 is 9.59 Å². The molecule has 0 saturated carbocycles. The van der Waals surface area contributed by atoms with Gasteiger partial charge >= 0.3 is 17.1 Å². The molecule has 0 aliphatic heterocycles. The van der Waals surface area contributed by atoms with Gasteiger partial charge in [0.1, 0.15) is 11.2 Å². The number of aryl methyl sites for hydroxylation is 1. The van der Waals surface area contributed by atoms with Crippen LogP contribution in [0, 0.1) is 6.92 Å². The van der Waals surface area contributed by atoms with Crippen molar-refractivity contribution in [1.82, 2.24) is 13.2 Å². The Morgan fingerprint density at radius 1 is 0.870 bits per heavy atom. The minimum absolute atomic E-state index is 0.00574. The summed E-state index contributed by atoms with van der Waals surface area (Å²) in [4.78, 5) is 65.3. The highest BCUT2D eigenvalue weighted by Crippen LogP contribution is 2.36. The van der Waals surface area contributed by atoms with Crippen molar-refractivity contribution in [2.45, 2.75) is 13.5 Å². The van der Waals surface area contributed by atoms with E-state index in [4.69, 9.17) is 0 Å². The summed E-state index contributed by atoms with van der Waals surface area (Å²) in [6.07, 6.45) is 2.71. The summed E-state index contributed by atoms with van der Waals surface area (Å²) in [5.74, 6) is 0. The topological polar surface area (TPSA) is 123 Å². The summed E-state index contributed by atoms with van der Waals surface area (Å²) < 4.78 is 2.45. The summed E-state index contributed by atoms with van der Waals surface area (Å²) in [6.45, 7) is 1.38. The molecule has 0 radical (unpaired) electrons. The SMILES string of the molecule is Cc1c2c(CN=C=O)c(N=C=O)c3c1n1c(=O)n2c(=O)n3c1=O. The van der Waals surface area contributed by atoms with Crippen LogP contribution in [0.2, 0.25) is 0 Å². The molecule has 0 unspecified atom stereocenters. The summed E-state index contributed by atoms with van der Waals surface area (Å²) in [5.41, 5.74) is -1.35. The predicted molar refractivity (Wildman–Crippen MR) is 76.0 cm³/mol. The predicted octanol–water partition coefficient (Wildman–Crippen LogP) is -1.05. The molecule has 0 fully saturated rings. The van der Waals surface area contributed by atoms with Gasteiger partial charge in [-0.3, -0.25) is 0 Å². The van der Waals surface area contributed by atoms with Gasteiger partial charge in [-0.2, -0.15) is 4.99 Å². The van der Waals surface area contributed by atoms with Gasteiger partial charge < -0.3 is 0 Å². The number of hydrogen-bond donors (Lipinski definition) is 0. The Morgan fingerprint density at radius 3 is 2.00 bits per heavy atom. The minimum Gasteiger partial charge on any atom is -0.246 e. The molecule has 3 aromatic heterocycles. The van der Waals surface area contributed by atoms with Gasteiger partial charge in [0.2, 0.25) is 12.2 Å². The van der Waals surface area contributed by atoms with Crippen LogP contribution in [0.15, 0.2) is 24.4 Å². The molecule has 0 N–H and O–H groups in total. The van der Waals surface area contributed by atoms with Crippen LogP contribution in [-0.4, -0.2) is 25.4 Å². The van der Waals surface area contributed by atoms with E-state index in [0.717, 1.165) is 13.2 Å². The molecular formula is C13H5N5O5. The number of benzene rings is 1. The normalized spacial score (nSPS) is 11.5. The second-order valence-electron chi connectivity index (χ2n) is 4.96. The average Bonchev–Trinajstić information content (AvgIpc) is 2.68. The third kappa shape index (κ3) is 1.23. The fraction of sp³-hybridized carbons (Fsp3) is 0.154. The number of fused-ring (bicyclic) bond motifs is 5. The maximum atomic E-state index is 12.5. The first kappa shape index (κ1) is 13.1. The molecule has 10 heteroatoms. The number of isocyanates is 2. The Morgan fingerprint density at radius 2 is 1.43 bits per heavy atom. The van der Waals surface area contributed by atoms with E-state index in [9.17, 15) is 24.0 Å². The fourth-order valence-electron chi connectivity index (χ4n) is 3.22. The lowest BCUT2D eigenvalue weighted by Crippen LogP contribution is -2.44. The zero-order valence-corrected chi connectivity index (χ0v) is 11.5. The zero-order valence-electron chi connectivity index (χ0n) is 11.5. The van der Waals surface area contributed by atoms with E-state index >= 15 is 0 Å². The van der Waals surface area contributed by atoms with Gasteiger partial charge in [-0.1, -0.05) is 0 Å². The number of aliphatic imine (C=N–C) groups is 2. The smallest absolute Gasteiger partial charge is 0.246 e. The Balaban J connectivity index is 2.53. The van der Waals surface area contributed by atoms with E-state index in [1.807, 2.05) is 0 Å². The molecule has 5 bridgehead atoms. The van der Waals surface area contributed by atoms with Gasteiger partial charge in [-0.05, 0) is 6.92 Å². The molecule has 0 atom stereocenters. The van der Waals surface area contributed by atoms with Crippen LogP contribution >= 0.6 is 0 Å². The number of aromatic nitrogens is 3. The number of carbonyl (C=O) groups excluding carboxylic acids is 2. The summed E-state index contributed by atoms with van der Waals surface area (Å²) in [7, 11) is 0. The van der Waals surface area contributed by atoms with Gasteiger partial charge in [0.05, 0.1) is 17.6 Å². The molecule has 0 aliphatic rings. The van der Waals surface area contributed by atoms with Crippen molar-refractivity contribution in [3.63, 3.8) is 0 Å². The Bertz CT molecular complexity index is 1360. The highest BCUT2D eigenvalue weighted by molar-refractivity contribution is 6.00. The van der Waals surface area contributed by atoms with Crippen molar-refractivity contribution in [2.24, 2.45) is 9.98 Å². The number of rotatable bonds is 3. The third-order valence-electron chi connectivity index (χ3n) is 4.01. The van der Waals surface area contributed by atoms with E-state index in [-0.39, 0.29) is 34.3 Å². The molecule has 4 rings (SSSR count). The largest absolute Gasteiger partial charge is 0.345 e. The molecule has 4 aromatic rings. The molecule has 3 heterocycles. The Hall–Kier alpha value is -3.61. The summed E-state index contributed by atoms with van der Waals surface area (Å²) >= 11 is 0. The lowest BCUT2D eigenvalue weighted by atomic mass is 10.0. The third-order valence-corrected chi connectivity index (χ3v) is 4.01.